The minimum atomic E-state index is 0.388. The third-order valence-electron chi connectivity index (χ3n) is 3.25. The van der Waals surface area contributed by atoms with E-state index in [0.717, 1.165) is 30.0 Å². The molecule has 0 aromatic carbocycles. The summed E-state index contributed by atoms with van der Waals surface area (Å²) in [6, 6.07) is 0.388. The molecule has 2 aromatic heterocycles. The van der Waals surface area contributed by atoms with E-state index in [-0.39, 0.29) is 0 Å². The van der Waals surface area contributed by atoms with Crippen molar-refractivity contribution < 1.29 is 0 Å². The number of imidazole rings is 1. The van der Waals surface area contributed by atoms with Gasteiger partial charge in [-0.25, -0.2) is 4.98 Å². The molecular formula is C14H19N3S. The largest absolute Gasteiger partial charge is 0.307 e. The molecule has 0 spiro atoms. The van der Waals surface area contributed by atoms with Crippen LogP contribution >= 0.6 is 11.3 Å². The number of aryl methyl sites for hydroxylation is 2. The van der Waals surface area contributed by atoms with Gasteiger partial charge in [0.05, 0.1) is 11.4 Å². The lowest BCUT2D eigenvalue weighted by Gasteiger charge is -2.14. The van der Waals surface area contributed by atoms with Gasteiger partial charge in [-0.1, -0.05) is 6.92 Å². The molecule has 0 aliphatic carbocycles. The van der Waals surface area contributed by atoms with Crippen LogP contribution in [-0.2, 0) is 6.54 Å². The topological polar surface area (TPSA) is 29.3 Å². The number of nitrogens with zero attached hydrogens (tertiary/aromatic N) is 2. The van der Waals surface area contributed by atoms with E-state index < -0.39 is 0 Å². The maximum absolute atomic E-state index is 5.38. The van der Waals surface area contributed by atoms with Crippen LogP contribution in [-0.4, -0.2) is 15.4 Å². The molecule has 0 saturated heterocycles. The molecule has 0 aliphatic heterocycles. The molecule has 18 heavy (non-hydrogen) atoms. The Labute approximate surface area is 112 Å². The van der Waals surface area contributed by atoms with Crippen LogP contribution in [0.3, 0.4) is 0 Å². The maximum atomic E-state index is 5.38. The van der Waals surface area contributed by atoms with Gasteiger partial charge in [-0.15, -0.1) is 23.7 Å². The van der Waals surface area contributed by atoms with Gasteiger partial charge in [-0.3, -0.25) is 4.40 Å². The molecule has 0 radical (unpaired) electrons. The summed E-state index contributed by atoms with van der Waals surface area (Å²) in [5.41, 5.74) is 3.60. The second-order valence-electron chi connectivity index (χ2n) is 4.53. The summed E-state index contributed by atoms with van der Waals surface area (Å²) in [5, 5.41) is 5.67. The standard InChI is InChI=1S/C14H19N3S/c1-5-7-12(6-2)15-8-13-11(4)16-14-17(13)10(3)9-18-14/h1,9,12,15H,6-8H2,2-4H3. The Kier molecular flexibility index (Phi) is 4.05. The van der Waals surface area contributed by atoms with Gasteiger partial charge in [0.1, 0.15) is 0 Å². The van der Waals surface area contributed by atoms with Crippen LogP contribution in [0.25, 0.3) is 4.96 Å². The second kappa shape index (κ2) is 5.55. The Morgan fingerprint density at radius 3 is 3.00 bits per heavy atom. The number of thiazole rings is 1. The SMILES string of the molecule is C#CCC(CC)NCc1c(C)nc2scc(C)n12. The van der Waals surface area contributed by atoms with Crippen LogP contribution in [0.1, 0.15) is 36.8 Å². The fourth-order valence-electron chi connectivity index (χ4n) is 2.12. The molecule has 3 nitrogen and oxygen atoms in total. The Morgan fingerprint density at radius 1 is 1.56 bits per heavy atom. The zero-order chi connectivity index (χ0) is 13.1. The highest BCUT2D eigenvalue weighted by Crippen LogP contribution is 2.20. The van der Waals surface area contributed by atoms with E-state index in [4.69, 9.17) is 6.42 Å². The number of aromatic nitrogens is 2. The van der Waals surface area contributed by atoms with Gasteiger partial charge in [0.25, 0.3) is 0 Å². The van der Waals surface area contributed by atoms with E-state index in [1.807, 2.05) is 0 Å². The summed E-state index contributed by atoms with van der Waals surface area (Å²) in [7, 11) is 0. The van der Waals surface area contributed by atoms with Gasteiger partial charge >= 0.3 is 0 Å². The van der Waals surface area contributed by atoms with Crippen molar-refractivity contribution >= 4 is 16.3 Å². The van der Waals surface area contributed by atoms with Crippen molar-refractivity contribution in [2.24, 2.45) is 0 Å². The van der Waals surface area contributed by atoms with Crippen molar-refractivity contribution in [1.82, 2.24) is 14.7 Å². The molecule has 0 saturated carbocycles. The first-order valence-corrected chi connectivity index (χ1v) is 7.14. The minimum Gasteiger partial charge on any atom is -0.307 e. The van der Waals surface area contributed by atoms with Crippen LogP contribution < -0.4 is 5.32 Å². The normalized spacial score (nSPS) is 12.8. The van der Waals surface area contributed by atoms with Crippen LogP contribution in [0.15, 0.2) is 5.38 Å². The Bertz CT molecular complexity index is 574. The third kappa shape index (κ3) is 2.43. The van der Waals surface area contributed by atoms with E-state index >= 15 is 0 Å². The molecule has 4 heteroatoms. The highest BCUT2D eigenvalue weighted by Gasteiger charge is 2.13. The molecule has 2 heterocycles. The van der Waals surface area contributed by atoms with Crippen molar-refractivity contribution in [3.05, 3.63) is 22.5 Å². The molecule has 2 rings (SSSR count). The van der Waals surface area contributed by atoms with Gasteiger partial charge in [0, 0.05) is 30.1 Å². The number of terminal acetylenes is 1. The summed E-state index contributed by atoms with van der Waals surface area (Å²) in [6.07, 6.45) is 7.20. The third-order valence-corrected chi connectivity index (χ3v) is 4.19. The number of hydrogen-bond donors (Lipinski definition) is 1. The van der Waals surface area contributed by atoms with Gasteiger partial charge in [0.15, 0.2) is 4.96 Å². The van der Waals surface area contributed by atoms with Gasteiger partial charge in [0.2, 0.25) is 0 Å². The summed E-state index contributed by atoms with van der Waals surface area (Å²) in [4.78, 5) is 5.66. The Morgan fingerprint density at radius 2 is 2.33 bits per heavy atom. The average Bonchev–Trinajstić information content (AvgIpc) is 2.85. The van der Waals surface area contributed by atoms with Gasteiger partial charge in [-0.2, -0.15) is 0 Å². The predicted octanol–water partition coefficient (Wildman–Crippen LogP) is 2.90. The van der Waals surface area contributed by atoms with E-state index in [1.54, 1.807) is 11.3 Å². The first kappa shape index (κ1) is 13.1. The smallest absolute Gasteiger partial charge is 0.194 e. The molecule has 0 bridgehead atoms. The van der Waals surface area contributed by atoms with Crippen molar-refractivity contribution in [1.29, 1.82) is 0 Å². The highest BCUT2D eigenvalue weighted by molar-refractivity contribution is 7.15. The zero-order valence-corrected chi connectivity index (χ0v) is 12.0. The molecule has 0 fully saturated rings. The molecular weight excluding hydrogens is 242 g/mol. The molecule has 0 aliphatic rings. The monoisotopic (exact) mass is 261 g/mol. The summed E-state index contributed by atoms with van der Waals surface area (Å²) in [6.45, 7) is 7.17. The lowest BCUT2D eigenvalue weighted by Crippen LogP contribution is -2.28. The van der Waals surface area contributed by atoms with Gasteiger partial charge in [-0.05, 0) is 20.3 Å². The van der Waals surface area contributed by atoms with Crippen LogP contribution in [0.2, 0.25) is 0 Å². The van der Waals surface area contributed by atoms with E-state index in [9.17, 15) is 0 Å². The summed E-state index contributed by atoms with van der Waals surface area (Å²) in [5.74, 6) is 2.72. The molecule has 1 atom stereocenters. The summed E-state index contributed by atoms with van der Waals surface area (Å²) < 4.78 is 2.23. The van der Waals surface area contributed by atoms with Crippen molar-refractivity contribution in [3.63, 3.8) is 0 Å². The zero-order valence-electron chi connectivity index (χ0n) is 11.2. The minimum absolute atomic E-state index is 0.388. The fraction of sp³-hybridized carbons (Fsp3) is 0.500. The highest BCUT2D eigenvalue weighted by atomic mass is 32.1. The average molecular weight is 261 g/mol. The number of fused-ring (bicyclic) bond motifs is 1. The van der Waals surface area contributed by atoms with Crippen molar-refractivity contribution in [2.45, 2.75) is 46.2 Å². The van der Waals surface area contributed by atoms with E-state index in [0.29, 0.717) is 6.04 Å². The maximum Gasteiger partial charge on any atom is 0.194 e. The van der Waals surface area contributed by atoms with Gasteiger partial charge < -0.3 is 5.32 Å². The molecule has 1 N–H and O–H groups in total. The second-order valence-corrected chi connectivity index (χ2v) is 5.37. The Balaban J connectivity index is 2.18. The van der Waals surface area contributed by atoms with Crippen LogP contribution in [0.5, 0.6) is 0 Å². The molecule has 2 aromatic rings. The van der Waals surface area contributed by atoms with Crippen molar-refractivity contribution in [3.8, 4) is 12.3 Å². The van der Waals surface area contributed by atoms with Crippen LogP contribution in [0, 0.1) is 26.2 Å². The van der Waals surface area contributed by atoms with Crippen molar-refractivity contribution in [2.75, 3.05) is 0 Å². The van der Waals surface area contributed by atoms with E-state index in [2.05, 4.69) is 46.8 Å². The predicted molar refractivity (Wildman–Crippen MR) is 76.9 cm³/mol. The number of rotatable bonds is 5. The van der Waals surface area contributed by atoms with E-state index in [1.165, 1.54) is 11.4 Å². The molecule has 1 unspecified atom stereocenters. The quantitative estimate of drug-likeness (QED) is 0.839. The van der Waals surface area contributed by atoms with Crippen LogP contribution in [0.4, 0.5) is 0 Å². The lowest BCUT2D eigenvalue weighted by atomic mass is 10.1. The number of hydrogen-bond acceptors (Lipinski definition) is 3. The number of nitrogens with one attached hydrogen (secondary N) is 1. The molecule has 0 amide bonds. The Hall–Kier alpha value is -1.31. The lowest BCUT2D eigenvalue weighted by molar-refractivity contribution is 0.500. The summed E-state index contributed by atoms with van der Waals surface area (Å²) >= 11 is 1.69. The first-order valence-electron chi connectivity index (χ1n) is 6.26. The first-order chi connectivity index (χ1) is 8.67. The molecule has 96 valence electrons. The fourth-order valence-corrected chi connectivity index (χ4v) is 3.05.